The Balaban J connectivity index is 1.90. The minimum atomic E-state index is -0.286. The second-order valence-electron chi connectivity index (χ2n) is 4.84. The van der Waals surface area contributed by atoms with E-state index in [-0.39, 0.29) is 17.5 Å². The summed E-state index contributed by atoms with van der Waals surface area (Å²) < 4.78 is 5.36. The predicted octanol–water partition coefficient (Wildman–Crippen LogP) is 0.457. The molecule has 1 amide bonds. The molecule has 88 valence electrons. The summed E-state index contributed by atoms with van der Waals surface area (Å²) in [6.07, 6.45) is 3.66. The first-order valence-corrected chi connectivity index (χ1v) is 6.35. The van der Waals surface area contributed by atoms with E-state index in [1.807, 2.05) is 0 Å². The summed E-state index contributed by atoms with van der Waals surface area (Å²) >= 11 is 5.58. The van der Waals surface area contributed by atoms with Crippen LogP contribution < -0.4 is 5.32 Å². The number of carbonyl (C=O) groups excluding carboxylic acids is 1. The third-order valence-electron chi connectivity index (χ3n) is 3.93. The van der Waals surface area contributed by atoms with E-state index in [1.165, 1.54) is 0 Å². The normalized spacial score (nSPS) is 32.8. The standard InChI is InChI=1S/C11H16N2O2S/c14-9-8-2-1-5-13(8)10(16)11(12-9)3-6-15-7-4-11/h8H,1-7H2,(H,12,14)/t8-/m0/s1. The van der Waals surface area contributed by atoms with E-state index >= 15 is 0 Å². The highest BCUT2D eigenvalue weighted by molar-refractivity contribution is 7.80. The number of nitrogens with zero attached hydrogens (tertiary/aromatic N) is 1. The Morgan fingerprint density at radius 1 is 1.44 bits per heavy atom. The van der Waals surface area contributed by atoms with E-state index in [0.717, 1.165) is 37.2 Å². The third-order valence-corrected chi connectivity index (χ3v) is 4.56. The lowest BCUT2D eigenvalue weighted by atomic mass is 9.86. The second-order valence-corrected chi connectivity index (χ2v) is 5.23. The van der Waals surface area contributed by atoms with E-state index in [4.69, 9.17) is 17.0 Å². The van der Waals surface area contributed by atoms with E-state index in [9.17, 15) is 4.79 Å². The number of rotatable bonds is 0. The van der Waals surface area contributed by atoms with E-state index in [0.29, 0.717) is 13.2 Å². The third kappa shape index (κ3) is 1.38. The highest BCUT2D eigenvalue weighted by Crippen LogP contribution is 2.33. The van der Waals surface area contributed by atoms with Crippen LogP contribution in [-0.2, 0) is 9.53 Å². The number of fused-ring (bicyclic) bond motifs is 1. The molecule has 3 saturated heterocycles. The smallest absolute Gasteiger partial charge is 0.243 e. The molecule has 0 saturated carbocycles. The number of ether oxygens (including phenoxy) is 1. The molecule has 0 aliphatic carbocycles. The number of hydrogen-bond donors (Lipinski definition) is 1. The molecule has 0 aromatic carbocycles. The molecule has 5 heteroatoms. The van der Waals surface area contributed by atoms with Crippen molar-refractivity contribution in [3.8, 4) is 0 Å². The lowest BCUT2D eigenvalue weighted by molar-refractivity contribution is -0.128. The minimum absolute atomic E-state index is 0.000898. The first-order valence-electron chi connectivity index (χ1n) is 5.94. The molecule has 4 nitrogen and oxygen atoms in total. The van der Waals surface area contributed by atoms with Crippen molar-refractivity contribution in [3.05, 3.63) is 0 Å². The Morgan fingerprint density at radius 2 is 2.19 bits per heavy atom. The van der Waals surface area contributed by atoms with Crippen LogP contribution in [-0.4, -0.2) is 47.1 Å². The fourth-order valence-corrected chi connectivity index (χ4v) is 3.46. The Hall–Kier alpha value is -0.680. The summed E-state index contributed by atoms with van der Waals surface area (Å²) in [5.41, 5.74) is -0.286. The number of thiocarbonyl (C=S) groups is 1. The highest BCUT2D eigenvalue weighted by Gasteiger charge is 2.49. The van der Waals surface area contributed by atoms with Gasteiger partial charge in [-0.25, -0.2) is 0 Å². The van der Waals surface area contributed by atoms with Gasteiger partial charge in [-0.3, -0.25) is 4.79 Å². The quantitative estimate of drug-likeness (QED) is 0.625. The zero-order valence-corrected chi connectivity index (χ0v) is 10.0. The summed E-state index contributed by atoms with van der Waals surface area (Å²) in [5, 5.41) is 3.15. The second kappa shape index (κ2) is 3.67. The van der Waals surface area contributed by atoms with Crippen LogP contribution >= 0.6 is 12.2 Å². The van der Waals surface area contributed by atoms with Gasteiger partial charge in [0.1, 0.15) is 11.0 Å². The topological polar surface area (TPSA) is 41.6 Å². The number of carbonyl (C=O) groups is 1. The van der Waals surface area contributed by atoms with Crippen molar-refractivity contribution < 1.29 is 9.53 Å². The van der Waals surface area contributed by atoms with Crippen molar-refractivity contribution in [2.24, 2.45) is 0 Å². The van der Waals surface area contributed by atoms with Gasteiger partial charge >= 0.3 is 0 Å². The van der Waals surface area contributed by atoms with Crippen LogP contribution in [0.25, 0.3) is 0 Å². The Morgan fingerprint density at radius 3 is 2.94 bits per heavy atom. The molecule has 0 radical (unpaired) electrons. The average Bonchev–Trinajstić information content (AvgIpc) is 2.77. The molecular formula is C11H16N2O2S. The van der Waals surface area contributed by atoms with Gasteiger partial charge in [-0.2, -0.15) is 0 Å². The summed E-state index contributed by atoms with van der Waals surface area (Å²) in [6.45, 7) is 2.33. The highest BCUT2D eigenvalue weighted by atomic mass is 32.1. The van der Waals surface area contributed by atoms with Gasteiger partial charge in [0.15, 0.2) is 0 Å². The summed E-state index contributed by atoms with van der Waals surface area (Å²) in [6, 6.07) is 0.000898. The van der Waals surface area contributed by atoms with Gasteiger partial charge in [0.2, 0.25) is 5.91 Å². The van der Waals surface area contributed by atoms with Crippen molar-refractivity contribution in [2.45, 2.75) is 37.3 Å². The SMILES string of the molecule is O=C1NC2(CCOCC2)C(=S)N2CCC[C@@H]12. The van der Waals surface area contributed by atoms with Crippen molar-refractivity contribution in [3.63, 3.8) is 0 Å². The van der Waals surface area contributed by atoms with Crippen LogP contribution in [0, 0.1) is 0 Å². The summed E-state index contributed by atoms with van der Waals surface area (Å²) in [5.74, 6) is 0.160. The van der Waals surface area contributed by atoms with Crippen LogP contribution in [0.3, 0.4) is 0 Å². The number of piperazine rings is 1. The van der Waals surface area contributed by atoms with Crippen LogP contribution in [0.4, 0.5) is 0 Å². The van der Waals surface area contributed by atoms with Gasteiger partial charge in [0.25, 0.3) is 0 Å². The predicted molar refractivity (Wildman–Crippen MR) is 63.3 cm³/mol. The van der Waals surface area contributed by atoms with Crippen molar-refractivity contribution in [1.82, 2.24) is 10.2 Å². The molecule has 1 N–H and O–H groups in total. The summed E-state index contributed by atoms with van der Waals surface area (Å²) in [4.78, 5) is 15.1. The monoisotopic (exact) mass is 240 g/mol. The van der Waals surface area contributed by atoms with Gasteiger partial charge in [-0.1, -0.05) is 12.2 Å². The molecule has 0 aromatic heterocycles. The molecule has 1 spiro atoms. The van der Waals surface area contributed by atoms with Crippen molar-refractivity contribution in [1.29, 1.82) is 0 Å². The zero-order valence-electron chi connectivity index (χ0n) is 9.20. The summed E-state index contributed by atoms with van der Waals surface area (Å²) in [7, 11) is 0. The Bertz CT molecular complexity index is 339. The molecular weight excluding hydrogens is 224 g/mol. The van der Waals surface area contributed by atoms with Gasteiger partial charge in [-0.05, 0) is 12.8 Å². The van der Waals surface area contributed by atoms with Crippen molar-refractivity contribution >= 4 is 23.1 Å². The molecule has 0 aromatic rings. The van der Waals surface area contributed by atoms with E-state index < -0.39 is 0 Å². The fraction of sp³-hybridized carbons (Fsp3) is 0.818. The molecule has 16 heavy (non-hydrogen) atoms. The number of nitrogens with one attached hydrogen (secondary N) is 1. The molecule has 1 atom stereocenters. The number of amides is 1. The Kier molecular flexibility index (Phi) is 2.40. The zero-order chi connectivity index (χ0) is 11.2. The maximum Gasteiger partial charge on any atom is 0.243 e. The van der Waals surface area contributed by atoms with Crippen LogP contribution in [0.2, 0.25) is 0 Å². The minimum Gasteiger partial charge on any atom is -0.381 e. The molecule has 0 bridgehead atoms. The van der Waals surface area contributed by atoms with Crippen LogP contribution in [0.5, 0.6) is 0 Å². The van der Waals surface area contributed by atoms with Gasteiger partial charge < -0.3 is 15.0 Å². The molecule has 0 unspecified atom stereocenters. The lowest BCUT2D eigenvalue weighted by Gasteiger charge is -2.47. The van der Waals surface area contributed by atoms with Crippen molar-refractivity contribution in [2.75, 3.05) is 19.8 Å². The van der Waals surface area contributed by atoms with Gasteiger partial charge in [-0.15, -0.1) is 0 Å². The molecule has 3 aliphatic rings. The maximum atomic E-state index is 12.0. The maximum absolute atomic E-state index is 12.0. The molecule has 3 aliphatic heterocycles. The average molecular weight is 240 g/mol. The Labute approximate surface area is 100 Å². The number of hydrogen-bond acceptors (Lipinski definition) is 3. The van der Waals surface area contributed by atoms with E-state index in [1.54, 1.807) is 0 Å². The van der Waals surface area contributed by atoms with Gasteiger partial charge in [0, 0.05) is 32.6 Å². The van der Waals surface area contributed by atoms with Crippen LogP contribution in [0.1, 0.15) is 25.7 Å². The lowest BCUT2D eigenvalue weighted by Crippen LogP contribution is -2.69. The largest absolute Gasteiger partial charge is 0.381 e. The molecule has 3 rings (SSSR count). The first-order chi connectivity index (χ1) is 7.73. The van der Waals surface area contributed by atoms with Crippen LogP contribution in [0.15, 0.2) is 0 Å². The molecule has 3 fully saturated rings. The fourth-order valence-electron chi connectivity index (χ4n) is 2.99. The van der Waals surface area contributed by atoms with E-state index in [2.05, 4.69) is 10.2 Å². The first kappa shape index (κ1) is 10.5. The van der Waals surface area contributed by atoms with Gasteiger partial charge in [0.05, 0.1) is 5.54 Å². The molecule has 3 heterocycles.